The highest BCUT2D eigenvalue weighted by Crippen LogP contribution is 2.25. The summed E-state index contributed by atoms with van der Waals surface area (Å²) in [5.41, 5.74) is 1.97. The van der Waals surface area contributed by atoms with Gasteiger partial charge in [0.15, 0.2) is 5.11 Å². The molecule has 1 saturated heterocycles. The highest BCUT2D eigenvalue weighted by atomic mass is 32.1. The number of piperidine rings is 1. The van der Waals surface area contributed by atoms with Gasteiger partial charge in [0.25, 0.3) is 0 Å². The van der Waals surface area contributed by atoms with Gasteiger partial charge in [-0.05, 0) is 56.6 Å². The van der Waals surface area contributed by atoms with Gasteiger partial charge in [-0.25, -0.2) is 4.79 Å². The van der Waals surface area contributed by atoms with Crippen molar-refractivity contribution in [3.05, 3.63) is 23.8 Å². The van der Waals surface area contributed by atoms with E-state index in [0.717, 1.165) is 29.8 Å². The van der Waals surface area contributed by atoms with E-state index in [9.17, 15) is 4.79 Å². The van der Waals surface area contributed by atoms with E-state index in [-0.39, 0.29) is 12.1 Å². The van der Waals surface area contributed by atoms with Crippen LogP contribution in [0.3, 0.4) is 0 Å². The van der Waals surface area contributed by atoms with Gasteiger partial charge in [0.05, 0.1) is 19.4 Å². The maximum Gasteiger partial charge on any atom is 0.409 e. The molecule has 1 aromatic rings. The van der Waals surface area contributed by atoms with Gasteiger partial charge < -0.3 is 25.0 Å². The Morgan fingerprint density at radius 1 is 1.38 bits per heavy atom. The number of ether oxygens (including phenoxy) is 2. The largest absolute Gasteiger partial charge is 0.495 e. The van der Waals surface area contributed by atoms with Crippen molar-refractivity contribution in [3.63, 3.8) is 0 Å². The third-order valence-electron chi connectivity index (χ3n) is 3.96. The Kier molecular flexibility index (Phi) is 6.66. The van der Waals surface area contributed by atoms with Gasteiger partial charge in [-0.15, -0.1) is 0 Å². The summed E-state index contributed by atoms with van der Waals surface area (Å²) in [7, 11) is 1.64. The second-order valence-electron chi connectivity index (χ2n) is 5.76. The molecular weight excluding hydrogens is 326 g/mol. The summed E-state index contributed by atoms with van der Waals surface area (Å²) in [5.74, 6) is 0.752. The Balaban J connectivity index is 1.84. The van der Waals surface area contributed by atoms with Crippen molar-refractivity contribution in [2.24, 2.45) is 0 Å². The fourth-order valence-corrected chi connectivity index (χ4v) is 2.96. The van der Waals surface area contributed by atoms with Crippen molar-refractivity contribution in [1.82, 2.24) is 10.2 Å². The monoisotopic (exact) mass is 351 g/mol. The van der Waals surface area contributed by atoms with E-state index in [0.29, 0.717) is 24.8 Å². The van der Waals surface area contributed by atoms with Crippen LogP contribution in [0.5, 0.6) is 5.75 Å². The highest BCUT2D eigenvalue weighted by molar-refractivity contribution is 7.80. The van der Waals surface area contributed by atoms with Crippen LogP contribution >= 0.6 is 12.2 Å². The Morgan fingerprint density at radius 2 is 2.08 bits per heavy atom. The van der Waals surface area contributed by atoms with Crippen LogP contribution in [0.1, 0.15) is 25.3 Å². The first-order valence-corrected chi connectivity index (χ1v) is 8.58. The van der Waals surface area contributed by atoms with Gasteiger partial charge in [-0.1, -0.05) is 6.07 Å². The maximum atomic E-state index is 11.7. The number of anilines is 1. The van der Waals surface area contributed by atoms with E-state index in [1.165, 1.54) is 0 Å². The van der Waals surface area contributed by atoms with Crippen molar-refractivity contribution < 1.29 is 14.3 Å². The molecule has 0 radical (unpaired) electrons. The molecular formula is C17H25N3O3S. The van der Waals surface area contributed by atoms with Gasteiger partial charge in [0.1, 0.15) is 5.75 Å². The average molecular weight is 351 g/mol. The number of hydrogen-bond donors (Lipinski definition) is 2. The fraction of sp³-hybridized carbons (Fsp3) is 0.529. The Hall–Kier alpha value is -2.02. The quantitative estimate of drug-likeness (QED) is 0.814. The predicted octanol–water partition coefficient (Wildman–Crippen LogP) is 2.91. The molecule has 132 valence electrons. The molecule has 1 fully saturated rings. The number of thiocarbonyl (C=S) groups is 1. The summed E-state index contributed by atoms with van der Waals surface area (Å²) in [5, 5.41) is 7.07. The van der Waals surface area contributed by atoms with Crippen LogP contribution in [0.4, 0.5) is 10.5 Å². The lowest BCUT2D eigenvalue weighted by Crippen LogP contribution is -2.47. The number of likely N-dealkylation sites (tertiary alicyclic amines) is 1. The molecule has 0 bridgehead atoms. The minimum Gasteiger partial charge on any atom is -0.495 e. The first-order chi connectivity index (χ1) is 11.5. The topological polar surface area (TPSA) is 62.8 Å². The van der Waals surface area contributed by atoms with E-state index in [1.807, 2.05) is 32.0 Å². The summed E-state index contributed by atoms with van der Waals surface area (Å²) in [4.78, 5) is 13.4. The van der Waals surface area contributed by atoms with Crippen LogP contribution in [-0.2, 0) is 4.74 Å². The summed E-state index contributed by atoms with van der Waals surface area (Å²) in [6, 6.07) is 6.14. The lowest BCUT2D eigenvalue weighted by atomic mass is 10.1. The normalized spacial score (nSPS) is 14.9. The van der Waals surface area contributed by atoms with Crippen molar-refractivity contribution in [3.8, 4) is 5.75 Å². The number of aryl methyl sites for hydroxylation is 1. The predicted molar refractivity (Wildman–Crippen MR) is 98.7 cm³/mol. The van der Waals surface area contributed by atoms with E-state index in [1.54, 1.807) is 12.0 Å². The molecule has 2 rings (SSSR count). The summed E-state index contributed by atoms with van der Waals surface area (Å²) in [6.45, 7) is 5.59. The van der Waals surface area contributed by atoms with Crippen LogP contribution in [0.2, 0.25) is 0 Å². The van der Waals surface area contributed by atoms with Gasteiger partial charge in [0.2, 0.25) is 0 Å². The number of amides is 1. The third-order valence-corrected chi connectivity index (χ3v) is 4.18. The molecule has 0 unspecified atom stereocenters. The van der Waals surface area contributed by atoms with Gasteiger partial charge >= 0.3 is 6.09 Å². The molecule has 0 atom stereocenters. The molecule has 0 spiro atoms. The average Bonchev–Trinajstić information content (AvgIpc) is 2.56. The number of methoxy groups -OCH3 is 1. The standard InChI is InChI=1S/C17H25N3O3S/c1-4-23-17(21)20-9-7-13(8-10-20)18-16(24)19-14-11-12(2)5-6-15(14)22-3/h5-6,11,13H,4,7-10H2,1-3H3,(H2,18,19,24). The molecule has 0 saturated carbocycles. The third kappa shape index (κ3) is 4.99. The molecule has 7 heteroatoms. The number of carbonyl (C=O) groups is 1. The maximum absolute atomic E-state index is 11.7. The van der Waals surface area contributed by atoms with Gasteiger partial charge in [-0.3, -0.25) is 0 Å². The Labute approximate surface area is 148 Å². The number of rotatable bonds is 4. The minimum atomic E-state index is -0.235. The SMILES string of the molecule is CCOC(=O)N1CCC(NC(=S)Nc2cc(C)ccc2OC)CC1. The van der Waals surface area contributed by atoms with E-state index < -0.39 is 0 Å². The smallest absolute Gasteiger partial charge is 0.409 e. The molecule has 1 heterocycles. The molecule has 0 aliphatic carbocycles. The molecule has 24 heavy (non-hydrogen) atoms. The molecule has 2 N–H and O–H groups in total. The molecule has 6 nitrogen and oxygen atoms in total. The number of nitrogens with zero attached hydrogens (tertiary/aromatic N) is 1. The van der Waals surface area contributed by atoms with E-state index >= 15 is 0 Å². The van der Waals surface area contributed by atoms with Crippen molar-refractivity contribution in [1.29, 1.82) is 0 Å². The first kappa shape index (κ1) is 18.3. The number of nitrogens with one attached hydrogen (secondary N) is 2. The Bertz CT molecular complexity index is 586. The zero-order valence-corrected chi connectivity index (χ0v) is 15.2. The number of benzene rings is 1. The zero-order valence-electron chi connectivity index (χ0n) is 14.4. The highest BCUT2D eigenvalue weighted by Gasteiger charge is 2.24. The van der Waals surface area contributed by atoms with Crippen LogP contribution in [0.15, 0.2) is 18.2 Å². The molecule has 1 aliphatic rings. The first-order valence-electron chi connectivity index (χ1n) is 8.17. The van der Waals surface area contributed by atoms with Crippen LogP contribution < -0.4 is 15.4 Å². The summed E-state index contributed by atoms with van der Waals surface area (Å²) >= 11 is 5.41. The lowest BCUT2D eigenvalue weighted by molar-refractivity contribution is 0.0964. The molecule has 1 aromatic carbocycles. The molecule has 0 aromatic heterocycles. The summed E-state index contributed by atoms with van der Waals surface area (Å²) in [6.07, 6.45) is 1.44. The Morgan fingerprint density at radius 3 is 2.71 bits per heavy atom. The number of carbonyl (C=O) groups excluding carboxylic acids is 1. The molecule has 1 aliphatic heterocycles. The van der Waals surface area contributed by atoms with E-state index in [2.05, 4.69) is 10.6 Å². The van der Waals surface area contributed by atoms with Crippen LogP contribution in [0.25, 0.3) is 0 Å². The number of hydrogen-bond acceptors (Lipinski definition) is 4. The minimum absolute atomic E-state index is 0.235. The fourth-order valence-electron chi connectivity index (χ4n) is 2.68. The van der Waals surface area contributed by atoms with Crippen molar-refractivity contribution in [2.75, 3.05) is 32.1 Å². The van der Waals surface area contributed by atoms with Crippen LogP contribution in [0, 0.1) is 6.92 Å². The van der Waals surface area contributed by atoms with Gasteiger partial charge in [-0.2, -0.15) is 0 Å². The van der Waals surface area contributed by atoms with E-state index in [4.69, 9.17) is 21.7 Å². The summed E-state index contributed by atoms with van der Waals surface area (Å²) < 4.78 is 10.4. The zero-order chi connectivity index (χ0) is 17.5. The van der Waals surface area contributed by atoms with Crippen molar-refractivity contribution >= 4 is 29.1 Å². The van der Waals surface area contributed by atoms with Crippen molar-refractivity contribution in [2.45, 2.75) is 32.7 Å². The van der Waals surface area contributed by atoms with Crippen LogP contribution in [-0.4, -0.2) is 49.0 Å². The lowest BCUT2D eigenvalue weighted by Gasteiger charge is -2.32. The molecule has 1 amide bonds. The second kappa shape index (κ2) is 8.73. The second-order valence-corrected chi connectivity index (χ2v) is 6.17. The van der Waals surface area contributed by atoms with Gasteiger partial charge in [0, 0.05) is 19.1 Å².